The molecule has 1 aliphatic rings. The fourth-order valence-corrected chi connectivity index (χ4v) is 4.73. The maximum absolute atomic E-state index is 12.7. The average Bonchev–Trinajstić information content (AvgIpc) is 2.62. The van der Waals surface area contributed by atoms with Crippen LogP contribution in [-0.2, 0) is 0 Å². The van der Waals surface area contributed by atoms with Crippen molar-refractivity contribution in [2.45, 2.75) is 12.8 Å². The Balaban J connectivity index is 1.86. The van der Waals surface area contributed by atoms with Crippen LogP contribution in [0.15, 0.2) is 42.5 Å². The summed E-state index contributed by atoms with van der Waals surface area (Å²) >= 11 is 6.20. The molecule has 0 bridgehead atoms. The Hall–Kier alpha value is -1.93. The Morgan fingerprint density at radius 3 is 2.77 bits per heavy atom. The molecule has 0 aliphatic carbocycles. The van der Waals surface area contributed by atoms with Gasteiger partial charge < -0.3 is 10.1 Å². The molecule has 2 aromatic carbocycles. The number of nitrogens with zero attached hydrogens (tertiary/aromatic N) is 1. The number of ether oxygens (including phenoxy) is 1. The molecule has 6 nitrogen and oxygen atoms in total. The van der Waals surface area contributed by atoms with Crippen molar-refractivity contribution in [2.75, 3.05) is 29.0 Å². The molecule has 1 fully saturated rings. The molecule has 1 amide bonds. The summed E-state index contributed by atoms with van der Waals surface area (Å²) in [5, 5.41) is 3.08. The van der Waals surface area contributed by atoms with Gasteiger partial charge in [-0.25, -0.2) is 0 Å². The maximum atomic E-state index is 12.7. The minimum Gasteiger partial charge on any atom is -0.497 e. The molecule has 0 atom stereocenters. The van der Waals surface area contributed by atoms with Gasteiger partial charge in [-0.15, -0.1) is 10.8 Å². The van der Waals surface area contributed by atoms with Gasteiger partial charge in [-0.1, -0.05) is 17.7 Å². The van der Waals surface area contributed by atoms with Gasteiger partial charge in [0.15, 0.2) is 0 Å². The second-order valence-corrected chi connectivity index (χ2v) is 8.52. The topological polar surface area (TPSA) is 82.0 Å². The van der Waals surface area contributed by atoms with Gasteiger partial charge in [0.2, 0.25) is 0 Å². The number of amides is 1. The van der Waals surface area contributed by atoms with Gasteiger partial charge in [-0.05, 0) is 43.2 Å². The zero-order chi connectivity index (χ0) is 18.7. The largest absolute Gasteiger partial charge is 0.497 e. The van der Waals surface area contributed by atoms with Crippen LogP contribution in [0, 0.1) is 0 Å². The number of halogens is 1. The van der Waals surface area contributed by atoms with Crippen molar-refractivity contribution in [2.24, 2.45) is 0 Å². The molecular formula is C18H21ClN2O4S. The van der Waals surface area contributed by atoms with Crippen LogP contribution in [0.25, 0.3) is 0 Å². The third-order valence-electron chi connectivity index (χ3n) is 4.19. The molecule has 2 aromatic rings. The van der Waals surface area contributed by atoms with Gasteiger partial charge in [0.1, 0.15) is 5.75 Å². The summed E-state index contributed by atoms with van der Waals surface area (Å²) in [6.45, 7) is 0.529. The highest BCUT2D eigenvalue weighted by Gasteiger charge is 2.27. The Kier molecular flexibility index (Phi) is 5.62. The van der Waals surface area contributed by atoms with E-state index in [1.165, 1.54) is 0 Å². The van der Waals surface area contributed by atoms with Crippen molar-refractivity contribution >= 4 is 39.7 Å². The number of rotatable bonds is 4. The highest BCUT2D eigenvalue weighted by Crippen LogP contribution is 2.49. The van der Waals surface area contributed by atoms with Crippen LogP contribution in [-0.4, -0.2) is 34.4 Å². The Morgan fingerprint density at radius 1 is 1.23 bits per heavy atom. The van der Waals surface area contributed by atoms with Crippen LogP contribution in [0.2, 0.25) is 5.02 Å². The summed E-state index contributed by atoms with van der Waals surface area (Å²) in [6, 6.07) is 11.9. The summed E-state index contributed by atoms with van der Waals surface area (Å²) in [6.07, 6.45) is 1.64. The van der Waals surface area contributed by atoms with Crippen molar-refractivity contribution in [1.29, 1.82) is 0 Å². The van der Waals surface area contributed by atoms with E-state index in [2.05, 4.69) is 5.32 Å². The molecule has 0 aromatic heterocycles. The van der Waals surface area contributed by atoms with Crippen molar-refractivity contribution < 1.29 is 18.6 Å². The van der Waals surface area contributed by atoms with Gasteiger partial charge >= 0.3 is 0 Å². The van der Waals surface area contributed by atoms with Gasteiger partial charge in [0.25, 0.3) is 5.91 Å². The van der Waals surface area contributed by atoms with E-state index in [0.717, 1.165) is 12.8 Å². The van der Waals surface area contributed by atoms with Gasteiger partial charge in [0, 0.05) is 18.3 Å². The Labute approximate surface area is 159 Å². The first kappa shape index (κ1) is 18.8. The lowest BCUT2D eigenvalue weighted by Crippen LogP contribution is -2.34. The van der Waals surface area contributed by atoms with E-state index in [9.17, 15) is 13.9 Å². The first-order valence-electron chi connectivity index (χ1n) is 8.19. The van der Waals surface area contributed by atoms with Crippen LogP contribution in [0.4, 0.5) is 11.4 Å². The number of methoxy groups -OCH3 is 1. The number of carbonyl (C=O) groups excluding carboxylic acids is 1. The van der Waals surface area contributed by atoms with Crippen molar-refractivity contribution in [3.05, 3.63) is 53.1 Å². The molecule has 140 valence electrons. The highest BCUT2D eigenvalue weighted by atomic mass is 35.5. The lowest BCUT2D eigenvalue weighted by molar-refractivity contribution is 0.102. The standard InChI is InChI=1S/C18H21ClN2O4S/c1-25-15-6-4-5-13(11-15)20-18(22)16-12-14(7-8-17(16)19)21-9-2-3-10-26(21,23)24/h4-8,11-12,23-24H,2-3,9-10H2,1H3,(H,20,22). The van der Waals surface area contributed by atoms with E-state index in [1.54, 1.807) is 53.9 Å². The number of hydrogen-bond donors (Lipinski definition) is 3. The van der Waals surface area contributed by atoms with Crippen LogP contribution in [0.1, 0.15) is 23.2 Å². The van der Waals surface area contributed by atoms with Gasteiger partial charge in [-0.2, -0.15) is 0 Å². The number of nitrogens with one attached hydrogen (secondary N) is 1. The van der Waals surface area contributed by atoms with Crippen molar-refractivity contribution in [3.8, 4) is 5.75 Å². The van der Waals surface area contributed by atoms with Crippen LogP contribution in [0.5, 0.6) is 5.75 Å². The zero-order valence-electron chi connectivity index (χ0n) is 14.3. The summed E-state index contributed by atoms with van der Waals surface area (Å²) in [5.41, 5.74) is 1.43. The fraction of sp³-hybridized carbons (Fsp3) is 0.278. The summed E-state index contributed by atoms with van der Waals surface area (Å²) in [4.78, 5) is 12.7. The lowest BCUT2D eigenvalue weighted by atomic mass is 10.1. The molecule has 0 radical (unpaired) electrons. The first-order valence-corrected chi connectivity index (χ1v) is 10.2. The SMILES string of the molecule is COc1cccc(NC(=O)c2cc(N3CCCCS3(O)O)ccc2Cl)c1. The number of benzene rings is 2. The maximum Gasteiger partial charge on any atom is 0.257 e. The van der Waals surface area contributed by atoms with Gasteiger partial charge in [-0.3, -0.25) is 18.2 Å². The van der Waals surface area contributed by atoms with Crippen LogP contribution in [0.3, 0.4) is 0 Å². The predicted octanol–water partition coefficient (Wildman–Crippen LogP) is 4.87. The normalized spacial score (nSPS) is 17.5. The van der Waals surface area contributed by atoms with Crippen LogP contribution >= 0.6 is 22.4 Å². The molecule has 3 rings (SSSR count). The van der Waals surface area contributed by atoms with E-state index in [4.69, 9.17) is 16.3 Å². The van der Waals surface area contributed by atoms with E-state index < -0.39 is 10.8 Å². The molecule has 0 saturated carbocycles. The molecular weight excluding hydrogens is 376 g/mol. The zero-order valence-corrected chi connectivity index (χ0v) is 15.9. The van der Waals surface area contributed by atoms with E-state index in [1.807, 2.05) is 0 Å². The molecule has 1 heterocycles. The quantitative estimate of drug-likeness (QED) is 0.687. The molecule has 1 aliphatic heterocycles. The van der Waals surface area contributed by atoms with Crippen LogP contribution < -0.4 is 14.4 Å². The summed E-state index contributed by atoms with van der Waals surface area (Å²) in [7, 11) is -1.30. The van der Waals surface area contributed by atoms with E-state index in [-0.39, 0.29) is 11.5 Å². The first-order chi connectivity index (χ1) is 12.4. The number of anilines is 2. The molecule has 3 N–H and O–H groups in total. The molecule has 0 spiro atoms. The monoisotopic (exact) mass is 396 g/mol. The van der Waals surface area contributed by atoms with E-state index >= 15 is 0 Å². The predicted molar refractivity (Wildman–Crippen MR) is 107 cm³/mol. The third-order valence-corrected chi connectivity index (χ3v) is 6.46. The molecule has 26 heavy (non-hydrogen) atoms. The second kappa shape index (κ2) is 7.75. The fourth-order valence-electron chi connectivity index (χ4n) is 2.85. The lowest BCUT2D eigenvalue weighted by Gasteiger charge is -2.47. The number of carbonyl (C=O) groups is 1. The van der Waals surface area contributed by atoms with Crippen molar-refractivity contribution in [1.82, 2.24) is 0 Å². The molecule has 1 saturated heterocycles. The molecule has 8 heteroatoms. The van der Waals surface area contributed by atoms with Crippen molar-refractivity contribution in [3.63, 3.8) is 0 Å². The smallest absolute Gasteiger partial charge is 0.257 e. The highest BCUT2D eigenvalue weighted by molar-refractivity contribution is 8.25. The van der Waals surface area contributed by atoms with E-state index in [0.29, 0.717) is 34.4 Å². The average molecular weight is 397 g/mol. The Bertz CT molecular complexity index is 816. The molecule has 0 unspecified atom stereocenters. The van der Waals surface area contributed by atoms with Gasteiger partial charge in [0.05, 0.1) is 29.1 Å². The summed E-state index contributed by atoms with van der Waals surface area (Å²) in [5.74, 6) is 0.588. The minimum atomic E-state index is -2.86. The second-order valence-electron chi connectivity index (χ2n) is 6.00. The minimum absolute atomic E-state index is 0.271. The number of hydrogen-bond acceptors (Lipinski definition) is 5. The summed E-state index contributed by atoms with van der Waals surface area (Å²) < 4.78 is 27.3. The third kappa shape index (κ3) is 4.07. The Morgan fingerprint density at radius 2 is 2.04 bits per heavy atom.